The van der Waals surface area contributed by atoms with Crippen LogP contribution in [0.3, 0.4) is 0 Å². The van der Waals surface area contributed by atoms with Gasteiger partial charge in [0.2, 0.25) is 0 Å². The van der Waals surface area contributed by atoms with Gasteiger partial charge >= 0.3 is 0 Å². The minimum atomic E-state index is 0. The first-order valence-corrected chi connectivity index (χ1v) is 8.09. The molecule has 0 saturated carbocycles. The lowest BCUT2D eigenvalue weighted by Gasteiger charge is -2.34. The number of benzene rings is 1. The maximum Gasteiger partial charge on any atom is 0.188 e. The number of rotatable bonds is 6. The average Bonchev–Trinajstić information content (AvgIpc) is 2.53. The molecule has 0 aromatic heterocycles. The third kappa shape index (κ3) is 6.14. The zero-order chi connectivity index (χ0) is 15.9. The quantitative estimate of drug-likeness (QED) is 0.317. The fraction of sp³-hybridized carbons (Fsp3) is 0.500. The van der Waals surface area contributed by atoms with Gasteiger partial charge in [0.05, 0.1) is 6.54 Å². The molecule has 0 spiro atoms. The van der Waals surface area contributed by atoms with Gasteiger partial charge in [0.25, 0.3) is 0 Å². The summed E-state index contributed by atoms with van der Waals surface area (Å²) in [4.78, 5) is 7.02. The lowest BCUT2D eigenvalue weighted by atomic mass is 9.98. The number of nitrogens with two attached hydrogens (primary N) is 1. The van der Waals surface area contributed by atoms with Crippen LogP contribution in [0.2, 0.25) is 0 Å². The molecule has 5 heteroatoms. The van der Waals surface area contributed by atoms with Crippen molar-refractivity contribution in [3.63, 3.8) is 0 Å². The van der Waals surface area contributed by atoms with Crippen molar-refractivity contribution in [3.8, 4) is 0 Å². The van der Waals surface area contributed by atoms with E-state index in [9.17, 15) is 0 Å². The first-order chi connectivity index (χ1) is 10.6. The largest absolute Gasteiger partial charge is 0.370 e. The van der Waals surface area contributed by atoms with E-state index in [1.807, 2.05) is 6.92 Å². The summed E-state index contributed by atoms with van der Waals surface area (Å²) < 4.78 is 0. The molecule has 0 bridgehead atoms. The molecule has 1 unspecified atom stereocenters. The highest BCUT2D eigenvalue weighted by molar-refractivity contribution is 14.0. The average molecular weight is 428 g/mol. The number of hydrogen-bond acceptors (Lipinski definition) is 2. The van der Waals surface area contributed by atoms with E-state index in [2.05, 4.69) is 53.0 Å². The molecule has 128 valence electrons. The van der Waals surface area contributed by atoms with E-state index in [0.717, 1.165) is 38.0 Å². The zero-order valence-corrected chi connectivity index (χ0v) is 16.5. The van der Waals surface area contributed by atoms with Crippen LogP contribution in [0.15, 0.2) is 41.4 Å². The Hall–Kier alpha value is -1.08. The van der Waals surface area contributed by atoms with E-state index in [1.54, 1.807) is 0 Å². The molecule has 4 nitrogen and oxygen atoms in total. The van der Waals surface area contributed by atoms with Crippen molar-refractivity contribution in [1.29, 1.82) is 0 Å². The van der Waals surface area contributed by atoms with E-state index in [0.29, 0.717) is 18.5 Å². The smallest absolute Gasteiger partial charge is 0.188 e. The van der Waals surface area contributed by atoms with Crippen LogP contribution in [-0.2, 0) is 13.0 Å². The summed E-state index contributed by atoms with van der Waals surface area (Å²) in [6.07, 6.45) is 2.21. The molecule has 0 saturated heterocycles. The van der Waals surface area contributed by atoms with Crippen LogP contribution >= 0.6 is 24.0 Å². The summed E-state index contributed by atoms with van der Waals surface area (Å²) in [6.45, 7) is 11.6. The Morgan fingerprint density at radius 3 is 2.74 bits per heavy atom. The van der Waals surface area contributed by atoms with Crippen LogP contribution in [0.4, 0.5) is 0 Å². The second-order valence-corrected chi connectivity index (χ2v) is 6.09. The number of fused-ring (bicyclic) bond motifs is 1. The zero-order valence-electron chi connectivity index (χ0n) is 14.2. The highest BCUT2D eigenvalue weighted by Crippen LogP contribution is 2.21. The predicted molar refractivity (Wildman–Crippen MR) is 109 cm³/mol. The summed E-state index contributed by atoms with van der Waals surface area (Å²) >= 11 is 0. The first kappa shape index (κ1) is 20.0. The standard InChI is InChI=1S/C18H28N4.HI/c1-4-17(12-21-18(19)20-11-14(2)3)22-10-9-15-7-5-6-8-16(15)13-22;/h5-8,17H,2,4,9-13H2,1,3H3,(H3,19,20,21);1H. The van der Waals surface area contributed by atoms with Crippen molar-refractivity contribution in [3.05, 3.63) is 47.5 Å². The first-order valence-electron chi connectivity index (χ1n) is 8.09. The molecular weight excluding hydrogens is 399 g/mol. The topological polar surface area (TPSA) is 53.6 Å². The second kappa shape index (κ2) is 9.93. The van der Waals surface area contributed by atoms with Crippen LogP contribution in [0.1, 0.15) is 31.4 Å². The van der Waals surface area contributed by atoms with Crippen LogP contribution in [-0.4, -0.2) is 36.5 Å². The van der Waals surface area contributed by atoms with E-state index < -0.39 is 0 Å². The summed E-state index contributed by atoms with van der Waals surface area (Å²) in [6, 6.07) is 9.18. The number of halogens is 1. The molecule has 0 radical (unpaired) electrons. The molecule has 0 fully saturated rings. The molecule has 23 heavy (non-hydrogen) atoms. The Bertz CT molecular complexity index is 542. The Balaban J connectivity index is 0.00000264. The molecule has 1 aliphatic heterocycles. The maximum absolute atomic E-state index is 5.91. The minimum Gasteiger partial charge on any atom is -0.370 e. The predicted octanol–water partition coefficient (Wildman–Crippen LogP) is 2.92. The van der Waals surface area contributed by atoms with Gasteiger partial charge in [0, 0.05) is 25.7 Å². The number of aliphatic imine (C=N–C) groups is 1. The fourth-order valence-corrected chi connectivity index (χ4v) is 2.83. The lowest BCUT2D eigenvalue weighted by molar-refractivity contribution is 0.178. The normalized spacial score (nSPS) is 16.2. The van der Waals surface area contributed by atoms with E-state index in [4.69, 9.17) is 5.73 Å². The van der Waals surface area contributed by atoms with Crippen LogP contribution in [0, 0.1) is 0 Å². The summed E-state index contributed by atoms with van der Waals surface area (Å²) in [5, 5.41) is 3.09. The van der Waals surface area contributed by atoms with Crippen LogP contribution in [0.5, 0.6) is 0 Å². The highest BCUT2D eigenvalue weighted by atomic mass is 127. The van der Waals surface area contributed by atoms with Gasteiger partial charge in [-0.1, -0.05) is 43.3 Å². The van der Waals surface area contributed by atoms with E-state index >= 15 is 0 Å². The molecular formula is C18H29IN4. The third-order valence-electron chi connectivity index (χ3n) is 4.19. The summed E-state index contributed by atoms with van der Waals surface area (Å²) in [5.41, 5.74) is 9.90. The number of hydrogen-bond donors (Lipinski definition) is 2. The molecule has 1 atom stereocenters. The molecule has 0 amide bonds. The molecule has 1 aliphatic rings. The van der Waals surface area contributed by atoms with Gasteiger partial charge in [-0.3, -0.25) is 9.89 Å². The van der Waals surface area contributed by atoms with Gasteiger partial charge in [0.1, 0.15) is 0 Å². The van der Waals surface area contributed by atoms with Gasteiger partial charge in [-0.15, -0.1) is 24.0 Å². The fourth-order valence-electron chi connectivity index (χ4n) is 2.83. The van der Waals surface area contributed by atoms with Crippen molar-refractivity contribution in [2.24, 2.45) is 10.7 Å². The molecule has 2 rings (SSSR count). The summed E-state index contributed by atoms with van der Waals surface area (Å²) in [7, 11) is 0. The van der Waals surface area contributed by atoms with Crippen LogP contribution < -0.4 is 11.1 Å². The van der Waals surface area contributed by atoms with E-state index in [1.165, 1.54) is 11.1 Å². The van der Waals surface area contributed by atoms with Crippen molar-refractivity contribution in [1.82, 2.24) is 10.2 Å². The molecule has 1 aromatic carbocycles. The number of nitrogens with one attached hydrogen (secondary N) is 1. The highest BCUT2D eigenvalue weighted by Gasteiger charge is 2.21. The van der Waals surface area contributed by atoms with Gasteiger partial charge < -0.3 is 11.1 Å². The molecule has 1 aromatic rings. The van der Waals surface area contributed by atoms with Crippen molar-refractivity contribution in [2.75, 3.05) is 19.6 Å². The van der Waals surface area contributed by atoms with Gasteiger partial charge in [0.15, 0.2) is 5.96 Å². The monoisotopic (exact) mass is 428 g/mol. The number of nitrogens with zero attached hydrogens (tertiary/aromatic N) is 2. The Morgan fingerprint density at radius 2 is 2.09 bits per heavy atom. The second-order valence-electron chi connectivity index (χ2n) is 6.09. The van der Waals surface area contributed by atoms with Gasteiger partial charge in [-0.2, -0.15) is 0 Å². The van der Waals surface area contributed by atoms with E-state index in [-0.39, 0.29) is 24.0 Å². The molecule has 3 N–H and O–H groups in total. The van der Waals surface area contributed by atoms with Crippen molar-refractivity contribution < 1.29 is 0 Å². The Kier molecular flexibility index (Phi) is 8.62. The third-order valence-corrected chi connectivity index (χ3v) is 4.19. The Morgan fingerprint density at radius 1 is 1.39 bits per heavy atom. The SMILES string of the molecule is C=C(C)CNC(N)=NCC(CC)N1CCc2ccccc2C1.I. The summed E-state index contributed by atoms with van der Waals surface area (Å²) in [5.74, 6) is 0.513. The van der Waals surface area contributed by atoms with Gasteiger partial charge in [-0.05, 0) is 30.9 Å². The minimum absolute atomic E-state index is 0. The molecule has 0 aliphatic carbocycles. The van der Waals surface area contributed by atoms with Crippen LogP contribution in [0.25, 0.3) is 0 Å². The Labute approximate surface area is 157 Å². The van der Waals surface area contributed by atoms with Gasteiger partial charge in [-0.25, -0.2) is 0 Å². The van der Waals surface area contributed by atoms with Crippen molar-refractivity contribution >= 4 is 29.9 Å². The maximum atomic E-state index is 5.91. The number of guanidine groups is 1. The van der Waals surface area contributed by atoms with Crippen molar-refractivity contribution in [2.45, 2.75) is 39.3 Å². The molecule has 1 heterocycles. The lowest BCUT2D eigenvalue weighted by Crippen LogP contribution is -2.42.